The third kappa shape index (κ3) is 11.4. The zero-order valence-electron chi connectivity index (χ0n) is 5.71. The molecule has 4 nitrogen and oxygen atoms in total. The second kappa shape index (κ2) is 10.8. The van der Waals surface area contributed by atoms with Crippen molar-refractivity contribution >= 4 is 0 Å². The molecule has 4 N–H and O–H groups in total. The monoisotopic (exact) mass is 137 g/mol. The molecule has 0 radical (unpaired) electrons. The van der Waals surface area contributed by atoms with E-state index in [-0.39, 0.29) is 12.1 Å². The molecular weight excluding hydrogens is 122 g/mol. The highest BCUT2D eigenvalue weighted by Crippen LogP contribution is 1.66. The Morgan fingerprint density at radius 2 is 2.11 bits per heavy atom. The fourth-order valence-corrected chi connectivity index (χ4v) is 0.368. The van der Waals surface area contributed by atoms with Gasteiger partial charge in [-0.1, -0.05) is 0 Å². The van der Waals surface area contributed by atoms with Gasteiger partial charge in [0.05, 0.1) is 33.4 Å². The summed E-state index contributed by atoms with van der Waals surface area (Å²) in [6, 6.07) is 0. The lowest BCUT2D eigenvalue weighted by Crippen LogP contribution is -2.80. The van der Waals surface area contributed by atoms with Gasteiger partial charge in [-0.2, -0.15) is 0 Å². The van der Waals surface area contributed by atoms with Crippen LogP contribution < -0.4 is 5.32 Å². The summed E-state index contributed by atoms with van der Waals surface area (Å²) in [4.78, 5) is 0. The zero-order valence-corrected chi connectivity index (χ0v) is 5.71. The molecule has 0 bridgehead atoms. The highest BCUT2D eigenvalue weighted by atomic mass is 16.5. The van der Waals surface area contributed by atoms with Crippen LogP contribution in [0.3, 0.4) is 0 Å². The van der Waals surface area contributed by atoms with Gasteiger partial charge in [0.2, 0.25) is 0 Å². The minimum absolute atomic E-state index is 0. The van der Waals surface area contributed by atoms with Gasteiger partial charge in [-0.3, -0.25) is 0 Å². The van der Waals surface area contributed by atoms with Crippen LogP contribution in [0.15, 0.2) is 0 Å². The van der Waals surface area contributed by atoms with E-state index in [0.717, 1.165) is 13.2 Å². The van der Waals surface area contributed by atoms with E-state index in [9.17, 15) is 0 Å². The van der Waals surface area contributed by atoms with Crippen LogP contribution in [-0.2, 0) is 4.74 Å². The second-order valence-corrected chi connectivity index (χ2v) is 1.53. The summed E-state index contributed by atoms with van der Waals surface area (Å²) < 4.78 is 4.94. The Balaban J connectivity index is 0. The molecule has 0 aliphatic carbocycles. The number of rotatable bonds is 5. The molecule has 0 aromatic rings. The standard InChI is InChI=1S/C5H13NO2.H2O/c1-6-2-4-8-5-3-7;/h6-7H,2-5H2,1H3;1H2. The van der Waals surface area contributed by atoms with E-state index in [1.54, 1.807) is 0 Å². The summed E-state index contributed by atoms with van der Waals surface area (Å²) in [6.45, 7) is 2.30. The first-order valence-corrected chi connectivity index (χ1v) is 2.88. The lowest BCUT2D eigenvalue weighted by molar-refractivity contribution is -0.628. The van der Waals surface area contributed by atoms with Gasteiger partial charge in [0.15, 0.2) is 0 Å². The Hall–Kier alpha value is -0.160. The Bertz CT molecular complexity index is 37.2. The van der Waals surface area contributed by atoms with Crippen LogP contribution in [0.4, 0.5) is 0 Å². The maximum Gasteiger partial charge on any atom is 0.0991 e. The fourth-order valence-electron chi connectivity index (χ4n) is 0.368. The smallest absolute Gasteiger partial charge is 0.0991 e. The summed E-state index contributed by atoms with van der Waals surface area (Å²) in [5.41, 5.74) is 0. The van der Waals surface area contributed by atoms with Crippen LogP contribution in [0.2, 0.25) is 0 Å². The predicted molar refractivity (Wildman–Crippen MR) is 32.6 cm³/mol. The first-order chi connectivity index (χ1) is 3.91. The van der Waals surface area contributed by atoms with Gasteiger partial charge in [0.25, 0.3) is 0 Å². The van der Waals surface area contributed by atoms with E-state index in [1.165, 1.54) is 0 Å². The molecule has 0 amide bonds. The number of hydrogen-bond acceptors (Lipinski definition) is 3. The maximum absolute atomic E-state index is 8.23. The van der Waals surface area contributed by atoms with Crippen molar-refractivity contribution in [3.05, 3.63) is 0 Å². The first-order valence-electron chi connectivity index (χ1n) is 2.88. The average Bonchev–Trinajstić information content (AvgIpc) is 1.81. The van der Waals surface area contributed by atoms with E-state index < -0.39 is 0 Å². The summed E-state index contributed by atoms with van der Waals surface area (Å²) in [6.07, 6.45) is 0. The quantitative estimate of drug-likeness (QED) is 0.431. The van der Waals surface area contributed by atoms with E-state index in [4.69, 9.17) is 9.84 Å². The van der Waals surface area contributed by atoms with Gasteiger partial charge < -0.3 is 20.6 Å². The highest BCUT2D eigenvalue weighted by molar-refractivity contribution is 4.23. The molecule has 58 valence electrons. The third-order valence-electron chi connectivity index (χ3n) is 0.786. The first kappa shape index (κ1) is 11.6. The van der Waals surface area contributed by atoms with Crippen molar-refractivity contribution < 1.29 is 20.6 Å². The molecule has 0 unspecified atom stereocenters. The molecule has 0 aliphatic heterocycles. The van der Waals surface area contributed by atoms with Gasteiger partial charge in [-0.05, 0) is 0 Å². The van der Waals surface area contributed by atoms with Crippen molar-refractivity contribution in [2.45, 2.75) is 0 Å². The molecule has 0 spiro atoms. The molecular formula is C5H15NO3. The largest absolute Gasteiger partial charge is 0.870 e. The number of nitrogens with two attached hydrogens (primary N) is 1. The van der Waals surface area contributed by atoms with Crippen molar-refractivity contribution in [1.82, 2.24) is 0 Å². The number of aliphatic hydroxyl groups is 1. The van der Waals surface area contributed by atoms with Crippen molar-refractivity contribution in [2.24, 2.45) is 0 Å². The molecule has 0 aromatic heterocycles. The number of quaternary nitrogens is 1. The highest BCUT2D eigenvalue weighted by Gasteiger charge is 1.83. The Kier molecular flexibility index (Phi) is 13.9. The second-order valence-electron chi connectivity index (χ2n) is 1.53. The van der Waals surface area contributed by atoms with E-state index in [2.05, 4.69) is 0 Å². The van der Waals surface area contributed by atoms with Gasteiger partial charge in [0.1, 0.15) is 0 Å². The molecule has 0 heterocycles. The normalized spacial score (nSPS) is 8.67. The number of hydrogen-bond donors (Lipinski definition) is 2. The van der Waals surface area contributed by atoms with Gasteiger partial charge >= 0.3 is 0 Å². The van der Waals surface area contributed by atoms with Crippen molar-refractivity contribution in [1.29, 1.82) is 0 Å². The minimum atomic E-state index is 0. The third-order valence-corrected chi connectivity index (χ3v) is 0.786. The fraction of sp³-hybridized carbons (Fsp3) is 1.00. The van der Waals surface area contributed by atoms with Crippen LogP contribution in [-0.4, -0.2) is 44.0 Å². The molecule has 0 fully saturated rings. The van der Waals surface area contributed by atoms with Gasteiger partial charge in [-0.25, -0.2) is 0 Å². The predicted octanol–water partition coefficient (Wildman–Crippen LogP) is -1.99. The lowest BCUT2D eigenvalue weighted by atomic mass is 10.7. The summed E-state index contributed by atoms with van der Waals surface area (Å²) in [7, 11) is 1.99. The zero-order chi connectivity index (χ0) is 6.24. The SMILES string of the molecule is C[NH2+]CCOCCO.[OH-]. The maximum atomic E-state index is 8.23. The molecule has 0 atom stereocenters. The van der Waals surface area contributed by atoms with Crippen molar-refractivity contribution in [2.75, 3.05) is 33.4 Å². The average molecular weight is 137 g/mol. The topological polar surface area (TPSA) is 76.1 Å². The summed E-state index contributed by atoms with van der Waals surface area (Å²) >= 11 is 0. The van der Waals surface area contributed by atoms with Crippen LogP contribution in [0.1, 0.15) is 0 Å². The van der Waals surface area contributed by atoms with E-state index in [0.29, 0.717) is 6.61 Å². The summed E-state index contributed by atoms with van der Waals surface area (Å²) in [5.74, 6) is 0. The number of aliphatic hydroxyl groups excluding tert-OH is 1. The molecule has 0 saturated heterocycles. The van der Waals surface area contributed by atoms with Crippen LogP contribution >= 0.6 is 0 Å². The van der Waals surface area contributed by atoms with Crippen molar-refractivity contribution in [3.8, 4) is 0 Å². The van der Waals surface area contributed by atoms with Gasteiger partial charge in [-0.15, -0.1) is 0 Å². The molecule has 0 rings (SSSR count). The molecule has 0 saturated carbocycles. The Morgan fingerprint density at radius 1 is 1.44 bits per heavy atom. The number of likely N-dealkylation sites (N-methyl/N-ethyl adjacent to an activating group) is 1. The van der Waals surface area contributed by atoms with E-state index in [1.807, 2.05) is 12.4 Å². The van der Waals surface area contributed by atoms with Gasteiger partial charge in [0, 0.05) is 0 Å². The van der Waals surface area contributed by atoms with Crippen LogP contribution in [0.25, 0.3) is 0 Å². The molecule has 9 heavy (non-hydrogen) atoms. The number of ether oxygens (including phenoxy) is 1. The Morgan fingerprint density at radius 3 is 2.56 bits per heavy atom. The minimum Gasteiger partial charge on any atom is -0.870 e. The van der Waals surface area contributed by atoms with E-state index >= 15 is 0 Å². The van der Waals surface area contributed by atoms with Crippen molar-refractivity contribution in [3.63, 3.8) is 0 Å². The molecule has 0 aliphatic rings. The Labute approximate surface area is 55.1 Å². The molecule has 4 heteroatoms. The lowest BCUT2D eigenvalue weighted by Gasteiger charge is -1.96. The van der Waals surface area contributed by atoms with Crippen LogP contribution in [0.5, 0.6) is 0 Å². The summed E-state index contributed by atoms with van der Waals surface area (Å²) in [5, 5.41) is 10.3. The van der Waals surface area contributed by atoms with Crippen LogP contribution in [0, 0.1) is 0 Å². The molecule has 0 aromatic carbocycles.